The molecule has 0 N–H and O–H groups in total. The summed E-state index contributed by atoms with van der Waals surface area (Å²) >= 11 is 0. The molecule has 0 fully saturated rings. The second-order valence-electron chi connectivity index (χ2n) is 4.12. The number of hydrogen-bond acceptors (Lipinski definition) is 4. The van der Waals surface area contributed by atoms with Crippen molar-refractivity contribution < 1.29 is 9.26 Å². The van der Waals surface area contributed by atoms with Gasteiger partial charge in [0.05, 0.1) is 6.20 Å². The van der Waals surface area contributed by atoms with Gasteiger partial charge in [-0.2, -0.15) is 0 Å². The Balaban J connectivity index is 1.92. The standard InChI is InChI=1S/C15H13N2O2/c1-2-6-15-17(12-7-4-3-5-8-12)11-14(18-15)13-9-10-16-19-13/h2-5,7-10,15H,1,6H2. The summed E-state index contributed by atoms with van der Waals surface area (Å²) < 4.78 is 10.9. The third-order valence-electron chi connectivity index (χ3n) is 2.83. The van der Waals surface area contributed by atoms with Crippen LogP contribution >= 0.6 is 0 Å². The van der Waals surface area contributed by atoms with Crippen molar-refractivity contribution in [1.82, 2.24) is 5.16 Å². The highest BCUT2D eigenvalue weighted by molar-refractivity contribution is 5.62. The molecule has 0 aliphatic carbocycles. The van der Waals surface area contributed by atoms with Crippen LogP contribution in [-0.2, 0) is 4.74 Å². The molecule has 1 unspecified atom stereocenters. The van der Waals surface area contributed by atoms with Crippen molar-refractivity contribution >= 4 is 11.4 Å². The molecule has 1 radical (unpaired) electrons. The molecule has 0 spiro atoms. The molecule has 0 saturated carbocycles. The molecule has 95 valence electrons. The van der Waals surface area contributed by atoms with Gasteiger partial charge in [0.2, 0.25) is 5.76 Å². The first-order valence-corrected chi connectivity index (χ1v) is 6.05. The molecular formula is C15H13N2O2. The lowest BCUT2D eigenvalue weighted by Crippen LogP contribution is -2.27. The maximum absolute atomic E-state index is 5.84. The average Bonchev–Trinajstić information content (AvgIpc) is 3.08. The summed E-state index contributed by atoms with van der Waals surface area (Å²) in [5.74, 6) is 1.14. The Morgan fingerprint density at radius 1 is 1.32 bits per heavy atom. The largest absolute Gasteiger partial charge is 0.463 e. The number of rotatable bonds is 4. The highest BCUT2D eigenvalue weighted by atomic mass is 16.5. The summed E-state index contributed by atoms with van der Waals surface area (Å²) in [7, 11) is 0. The number of aromatic nitrogens is 1. The van der Waals surface area contributed by atoms with Crippen molar-refractivity contribution in [3.05, 3.63) is 67.2 Å². The molecular weight excluding hydrogens is 240 g/mol. The Morgan fingerprint density at radius 2 is 2.16 bits per heavy atom. The molecule has 0 bridgehead atoms. The smallest absolute Gasteiger partial charge is 0.203 e. The minimum Gasteiger partial charge on any atom is -0.463 e. The second-order valence-corrected chi connectivity index (χ2v) is 4.12. The van der Waals surface area contributed by atoms with E-state index in [-0.39, 0.29) is 6.23 Å². The molecule has 4 nitrogen and oxygen atoms in total. The van der Waals surface area contributed by atoms with Crippen LogP contribution < -0.4 is 4.90 Å². The molecule has 1 atom stereocenters. The quantitative estimate of drug-likeness (QED) is 0.784. The lowest BCUT2D eigenvalue weighted by molar-refractivity contribution is 0.187. The van der Waals surface area contributed by atoms with Crippen molar-refractivity contribution in [2.24, 2.45) is 0 Å². The van der Waals surface area contributed by atoms with E-state index in [0.29, 0.717) is 17.9 Å². The zero-order chi connectivity index (χ0) is 13.1. The molecule has 4 heteroatoms. The number of anilines is 1. The van der Waals surface area contributed by atoms with Crippen LogP contribution in [0.2, 0.25) is 0 Å². The van der Waals surface area contributed by atoms with Gasteiger partial charge in [0, 0.05) is 18.2 Å². The topological polar surface area (TPSA) is 38.5 Å². The van der Waals surface area contributed by atoms with E-state index in [1.165, 1.54) is 0 Å². The third-order valence-corrected chi connectivity index (χ3v) is 2.83. The van der Waals surface area contributed by atoms with Crippen molar-refractivity contribution in [2.45, 2.75) is 12.6 Å². The fourth-order valence-corrected chi connectivity index (χ4v) is 1.96. The van der Waals surface area contributed by atoms with Crippen LogP contribution in [-0.4, -0.2) is 11.4 Å². The van der Waals surface area contributed by atoms with Crippen LogP contribution in [0.3, 0.4) is 0 Å². The summed E-state index contributed by atoms with van der Waals surface area (Å²) in [4.78, 5) is 1.94. The summed E-state index contributed by atoms with van der Waals surface area (Å²) in [6.07, 6.45) is 7.14. The Bertz CT molecular complexity index is 575. The van der Waals surface area contributed by atoms with E-state index in [0.717, 1.165) is 5.69 Å². The van der Waals surface area contributed by atoms with E-state index in [2.05, 4.69) is 17.9 Å². The number of hydrogen-bond donors (Lipinski definition) is 0. The van der Waals surface area contributed by atoms with E-state index in [1.54, 1.807) is 12.3 Å². The van der Waals surface area contributed by atoms with E-state index in [4.69, 9.17) is 9.26 Å². The van der Waals surface area contributed by atoms with Gasteiger partial charge in [-0.25, -0.2) is 0 Å². The highest BCUT2D eigenvalue weighted by Crippen LogP contribution is 2.31. The van der Waals surface area contributed by atoms with Crippen LogP contribution in [0, 0.1) is 6.20 Å². The van der Waals surface area contributed by atoms with E-state index in [1.807, 2.05) is 41.3 Å². The van der Waals surface area contributed by atoms with E-state index in [9.17, 15) is 0 Å². The predicted molar refractivity (Wildman–Crippen MR) is 71.8 cm³/mol. The zero-order valence-corrected chi connectivity index (χ0v) is 10.3. The van der Waals surface area contributed by atoms with E-state index >= 15 is 0 Å². The van der Waals surface area contributed by atoms with Gasteiger partial charge < -0.3 is 9.26 Å². The predicted octanol–water partition coefficient (Wildman–Crippen LogP) is 3.22. The summed E-state index contributed by atoms with van der Waals surface area (Å²) in [6.45, 7) is 3.76. The maximum Gasteiger partial charge on any atom is 0.203 e. The minimum absolute atomic E-state index is 0.153. The van der Waals surface area contributed by atoms with Gasteiger partial charge >= 0.3 is 0 Å². The third kappa shape index (κ3) is 2.25. The zero-order valence-electron chi connectivity index (χ0n) is 10.3. The van der Waals surface area contributed by atoms with E-state index < -0.39 is 0 Å². The SMILES string of the molecule is C=CCC1OC(c2ccno2)=[C]N1c1ccccc1. The molecule has 2 aromatic rings. The lowest BCUT2D eigenvalue weighted by atomic mass is 10.2. The van der Waals surface area contributed by atoms with Crippen LogP contribution in [0.1, 0.15) is 12.2 Å². The van der Waals surface area contributed by atoms with Gasteiger partial charge in [0.15, 0.2) is 12.0 Å². The van der Waals surface area contributed by atoms with Gasteiger partial charge in [0.25, 0.3) is 0 Å². The Hall–Kier alpha value is -2.49. The van der Waals surface area contributed by atoms with Crippen LogP contribution in [0.15, 0.2) is 59.8 Å². The van der Waals surface area contributed by atoms with Gasteiger partial charge in [-0.15, -0.1) is 6.58 Å². The number of nitrogens with zero attached hydrogens (tertiary/aromatic N) is 2. The highest BCUT2D eigenvalue weighted by Gasteiger charge is 2.29. The molecule has 19 heavy (non-hydrogen) atoms. The summed E-state index contributed by atoms with van der Waals surface area (Å²) in [6, 6.07) is 11.7. The van der Waals surface area contributed by atoms with Gasteiger partial charge in [0.1, 0.15) is 6.20 Å². The van der Waals surface area contributed by atoms with Gasteiger partial charge in [-0.1, -0.05) is 29.4 Å². The fourth-order valence-electron chi connectivity index (χ4n) is 1.96. The fraction of sp³-hybridized carbons (Fsp3) is 0.133. The first-order valence-electron chi connectivity index (χ1n) is 6.05. The Labute approximate surface area is 111 Å². The number of para-hydroxylation sites is 1. The Kier molecular flexibility index (Phi) is 3.06. The van der Waals surface area contributed by atoms with Crippen LogP contribution in [0.25, 0.3) is 5.76 Å². The van der Waals surface area contributed by atoms with Crippen molar-refractivity contribution in [2.75, 3.05) is 4.90 Å². The molecule has 1 aliphatic heterocycles. The van der Waals surface area contributed by atoms with Gasteiger partial charge in [-0.05, 0) is 12.1 Å². The lowest BCUT2D eigenvalue weighted by Gasteiger charge is -2.22. The van der Waals surface area contributed by atoms with Crippen LogP contribution in [0.5, 0.6) is 0 Å². The number of ether oxygens (including phenoxy) is 1. The van der Waals surface area contributed by atoms with Crippen molar-refractivity contribution in [3.63, 3.8) is 0 Å². The minimum atomic E-state index is -0.153. The molecule has 1 aromatic heterocycles. The van der Waals surface area contributed by atoms with Gasteiger partial charge in [-0.3, -0.25) is 4.90 Å². The monoisotopic (exact) mass is 253 g/mol. The first-order chi connectivity index (χ1) is 9.38. The van der Waals surface area contributed by atoms with Crippen molar-refractivity contribution in [1.29, 1.82) is 0 Å². The molecule has 1 aliphatic rings. The molecule has 3 rings (SSSR count). The first kappa shape index (κ1) is 11.6. The molecule has 0 saturated heterocycles. The maximum atomic E-state index is 5.84. The van der Waals surface area contributed by atoms with Crippen LogP contribution in [0.4, 0.5) is 5.69 Å². The molecule has 0 amide bonds. The summed E-state index contributed by atoms with van der Waals surface area (Å²) in [5, 5.41) is 3.68. The number of benzene rings is 1. The molecule has 2 heterocycles. The second kappa shape index (κ2) is 5.02. The van der Waals surface area contributed by atoms with Crippen molar-refractivity contribution in [3.8, 4) is 0 Å². The summed E-state index contributed by atoms with van der Waals surface area (Å²) in [5.41, 5.74) is 1.02. The molecule has 1 aromatic carbocycles. The average molecular weight is 253 g/mol. The Morgan fingerprint density at radius 3 is 2.84 bits per heavy atom. The normalized spacial score (nSPS) is 18.0.